The summed E-state index contributed by atoms with van der Waals surface area (Å²) in [6, 6.07) is 83.6. The molecule has 0 heterocycles. The fraction of sp³-hybridized carbons (Fsp3) is 0.0667. The van der Waals surface area contributed by atoms with E-state index >= 15 is 0 Å². The molecule has 0 amide bonds. The Bertz CT molecular complexity index is 3280. The van der Waals surface area contributed by atoms with Gasteiger partial charge in [-0.1, -0.05) is 184 Å². The molecule has 0 saturated carbocycles. The average Bonchev–Trinajstić information content (AvgIpc) is 3.73. The minimum Gasteiger partial charge on any atom is -0.310 e. The van der Waals surface area contributed by atoms with Crippen LogP contribution in [0.15, 0.2) is 224 Å². The molecule has 0 unspecified atom stereocenters. The summed E-state index contributed by atoms with van der Waals surface area (Å²) in [6.45, 7) is 4.75. The monoisotopic (exact) mass is 777 g/mol. The predicted molar refractivity (Wildman–Crippen MR) is 256 cm³/mol. The Kier molecular flexibility index (Phi) is 7.86. The van der Waals surface area contributed by atoms with Gasteiger partial charge in [-0.25, -0.2) is 0 Å². The summed E-state index contributed by atoms with van der Waals surface area (Å²) in [5.41, 5.74) is 18.3. The molecule has 0 N–H and O–H groups in total. The largest absolute Gasteiger partial charge is 0.310 e. The molecule has 0 bridgehead atoms. The van der Waals surface area contributed by atoms with Crippen LogP contribution < -0.4 is 4.90 Å². The third-order valence-corrected chi connectivity index (χ3v) is 13.7. The first-order valence-corrected chi connectivity index (χ1v) is 21.4. The molecule has 2 aliphatic carbocycles. The van der Waals surface area contributed by atoms with Crippen molar-refractivity contribution < 1.29 is 0 Å². The molecule has 1 heteroatoms. The molecule has 10 aromatic rings. The first kappa shape index (κ1) is 35.5. The van der Waals surface area contributed by atoms with Gasteiger partial charge in [0.15, 0.2) is 0 Å². The van der Waals surface area contributed by atoms with Crippen LogP contribution in [0.1, 0.15) is 47.2 Å². The highest BCUT2D eigenvalue weighted by Gasteiger charge is 2.46. The summed E-state index contributed by atoms with van der Waals surface area (Å²) < 4.78 is 0. The van der Waals surface area contributed by atoms with Gasteiger partial charge in [0.05, 0.1) is 5.41 Å². The Morgan fingerprint density at radius 3 is 1.44 bits per heavy atom. The normalized spacial score (nSPS) is 14.0. The van der Waals surface area contributed by atoms with Gasteiger partial charge in [0.1, 0.15) is 0 Å². The molecular weight excluding hydrogens is 735 g/mol. The minimum atomic E-state index is -0.453. The number of benzene rings is 10. The van der Waals surface area contributed by atoms with E-state index in [4.69, 9.17) is 0 Å². The van der Waals surface area contributed by atoms with Crippen molar-refractivity contribution in [3.8, 4) is 33.4 Å². The number of rotatable bonds is 6. The van der Waals surface area contributed by atoms with Crippen molar-refractivity contribution in [3.63, 3.8) is 0 Å². The maximum atomic E-state index is 2.46. The summed E-state index contributed by atoms with van der Waals surface area (Å²) >= 11 is 0. The molecule has 10 aromatic carbocycles. The molecule has 0 fully saturated rings. The zero-order chi connectivity index (χ0) is 40.7. The first-order valence-electron chi connectivity index (χ1n) is 21.4. The van der Waals surface area contributed by atoms with Crippen LogP contribution in [0.5, 0.6) is 0 Å². The van der Waals surface area contributed by atoms with Gasteiger partial charge in [-0.2, -0.15) is 0 Å². The highest BCUT2D eigenvalue weighted by atomic mass is 15.1. The van der Waals surface area contributed by atoms with Crippen LogP contribution >= 0.6 is 0 Å². The van der Waals surface area contributed by atoms with Gasteiger partial charge in [0.2, 0.25) is 0 Å². The average molecular weight is 778 g/mol. The zero-order valence-electron chi connectivity index (χ0n) is 34.3. The van der Waals surface area contributed by atoms with E-state index in [0.29, 0.717) is 0 Å². The lowest BCUT2D eigenvalue weighted by Crippen LogP contribution is -2.28. The van der Waals surface area contributed by atoms with E-state index in [9.17, 15) is 0 Å². The lowest BCUT2D eigenvalue weighted by atomic mass is 9.68. The lowest BCUT2D eigenvalue weighted by molar-refractivity contribution is 0.661. The minimum absolute atomic E-state index is 0.116. The standard InChI is InChI=1S/C60H43N/c1-59(2)55-33-31-49(39-54(55)52-36-43-17-11-12-18-44(43)37-58(52)59)61(48-29-27-41(28-30-48)45-26-25-40-15-9-10-16-42(40)35-45)50-32-34-57-53(38-50)51-23-13-14-24-56(51)60(57,46-19-5-3-6-20-46)47-21-7-4-8-22-47/h3-39H,1-2H3. The van der Waals surface area contributed by atoms with Crippen molar-refractivity contribution >= 4 is 38.6 Å². The number of hydrogen-bond donors (Lipinski definition) is 0. The van der Waals surface area contributed by atoms with Crippen molar-refractivity contribution in [3.05, 3.63) is 258 Å². The SMILES string of the molecule is CC1(C)c2ccc(N(c3ccc(-c4ccc5ccccc5c4)cc3)c3ccc4c(c3)-c3ccccc3C4(c3ccccc3)c3ccccc3)cc2-c2cc3ccccc3cc21. The third-order valence-electron chi connectivity index (χ3n) is 13.7. The highest BCUT2D eigenvalue weighted by molar-refractivity contribution is 5.96. The molecule has 2 aliphatic rings. The topological polar surface area (TPSA) is 3.24 Å². The van der Waals surface area contributed by atoms with Crippen molar-refractivity contribution in [2.45, 2.75) is 24.7 Å². The van der Waals surface area contributed by atoms with Crippen molar-refractivity contribution in [1.29, 1.82) is 0 Å². The van der Waals surface area contributed by atoms with Crippen molar-refractivity contribution in [2.75, 3.05) is 4.90 Å². The molecule has 12 rings (SSSR count). The molecule has 0 aromatic heterocycles. The molecular formula is C60H43N. The molecule has 288 valence electrons. The Morgan fingerprint density at radius 2 is 0.770 bits per heavy atom. The third kappa shape index (κ3) is 5.33. The summed E-state index contributed by atoms with van der Waals surface area (Å²) in [6.07, 6.45) is 0. The van der Waals surface area contributed by atoms with Gasteiger partial charge >= 0.3 is 0 Å². The Morgan fingerprint density at radius 1 is 0.295 bits per heavy atom. The van der Waals surface area contributed by atoms with E-state index in [-0.39, 0.29) is 5.41 Å². The van der Waals surface area contributed by atoms with Gasteiger partial charge in [0, 0.05) is 22.5 Å². The molecule has 1 nitrogen and oxygen atoms in total. The maximum absolute atomic E-state index is 2.46. The zero-order valence-corrected chi connectivity index (χ0v) is 34.3. The van der Waals surface area contributed by atoms with Gasteiger partial charge < -0.3 is 4.90 Å². The van der Waals surface area contributed by atoms with Crippen LogP contribution in [-0.2, 0) is 10.8 Å². The fourth-order valence-corrected chi connectivity index (χ4v) is 10.8. The van der Waals surface area contributed by atoms with Crippen LogP contribution in [0.3, 0.4) is 0 Å². The van der Waals surface area contributed by atoms with Gasteiger partial charge in [-0.05, 0) is 143 Å². The van der Waals surface area contributed by atoms with Gasteiger partial charge in [-0.15, -0.1) is 0 Å². The van der Waals surface area contributed by atoms with Crippen LogP contribution in [0.4, 0.5) is 17.1 Å². The lowest BCUT2D eigenvalue weighted by Gasteiger charge is -2.34. The second-order valence-corrected chi connectivity index (χ2v) is 17.3. The smallest absolute Gasteiger partial charge is 0.0713 e. The van der Waals surface area contributed by atoms with Crippen LogP contribution in [0, 0.1) is 0 Å². The Balaban J connectivity index is 1.06. The van der Waals surface area contributed by atoms with Crippen LogP contribution in [0.25, 0.3) is 54.9 Å². The molecule has 0 aliphatic heterocycles. The highest BCUT2D eigenvalue weighted by Crippen LogP contribution is 2.58. The maximum Gasteiger partial charge on any atom is 0.0713 e. The van der Waals surface area contributed by atoms with E-state index in [1.165, 1.54) is 88.3 Å². The predicted octanol–water partition coefficient (Wildman–Crippen LogP) is 15.8. The van der Waals surface area contributed by atoms with Crippen LogP contribution in [-0.4, -0.2) is 0 Å². The van der Waals surface area contributed by atoms with Gasteiger partial charge in [-0.3, -0.25) is 0 Å². The first-order chi connectivity index (χ1) is 30.0. The Hall–Kier alpha value is -7.48. The molecule has 0 atom stereocenters. The van der Waals surface area contributed by atoms with Crippen molar-refractivity contribution in [2.24, 2.45) is 0 Å². The van der Waals surface area contributed by atoms with Gasteiger partial charge in [0.25, 0.3) is 0 Å². The second-order valence-electron chi connectivity index (χ2n) is 17.3. The molecule has 61 heavy (non-hydrogen) atoms. The van der Waals surface area contributed by atoms with E-state index in [2.05, 4.69) is 243 Å². The Labute approximate surface area is 357 Å². The molecule has 0 radical (unpaired) electrons. The quantitative estimate of drug-likeness (QED) is 0.163. The fourth-order valence-electron chi connectivity index (χ4n) is 10.8. The summed E-state index contributed by atoms with van der Waals surface area (Å²) in [5.74, 6) is 0. The number of fused-ring (bicyclic) bond motifs is 8. The van der Waals surface area contributed by atoms with E-state index in [0.717, 1.165) is 17.1 Å². The summed E-state index contributed by atoms with van der Waals surface area (Å²) in [7, 11) is 0. The van der Waals surface area contributed by atoms with Crippen molar-refractivity contribution in [1.82, 2.24) is 0 Å². The second kappa shape index (κ2) is 13.5. The van der Waals surface area contributed by atoms with E-state index < -0.39 is 5.41 Å². The summed E-state index contributed by atoms with van der Waals surface area (Å²) in [4.78, 5) is 2.46. The molecule has 0 saturated heterocycles. The van der Waals surface area contributed by atoms with E-state index in [1.807, 2.05) is 0 Å². The summed E-state index contributed by atoms with van der Waals surface area (Å²) in [5, 5.41) is 5.07. The molecule has 0 spiro atoms. The van der Waals surface area contributed by atoms with E-state index in [1.54, 1.807) is 0 Å². The van der Waals surface area contributed by atoms with Crippen LogP contribution in [0.2, 0.25) is 0 Å². The number of nitrogens with zero attached hydrogens (tertiary/aromatic N) is 1. The number of hydrogen-bond acceptors (Lipinski definition) is 1. The number of anilines is 3.